The summed E-state index contributed by atoms with van der Waals surface area (Å²) in [5, 5.41) is 5.45. The van der Waals surface area contributed by atoms with Crippen LogP contribution in [0.3, 0.4) is 0 Å². The fraction of sp³-hybridized carbons (Fsp3) is 0.333. The Morgan fingerprint density at radius 1 is 1.25 bits per heavy atom. The molecule has 2 nitrogen and oxygen atoms in total. The van der Waals surface area contributed by atoms with E-state index in [0.29, 0.717) is 0 Å². The van der Waals surface area contributed by atoms with E-state index < -0.39 is 0 Å². The molecule has 0 aromatic rings. The summed E-state index contributed by atoms with van der Waals surface area (Å²) in [6.07, 6.45) is 8.05. The Bertz CT molecular complexity index is 262. The van der Waals surface area contributed by atoms with Crippen LogP contribution in [0.1, 0.15) is 13.8 Å². The standard InChI is InChI=1S/C9H14N2S/c1-9(2)5-3-7(10)8(12-11)4-6-9/h3-6H,10-11H2,1-2H3. The molecule has 0 amide bonds. The zero-order valence-corrected chi connectivity index (χ0v) is 8.19. The molecule has 4 N–H and O–H groups in total. The number of hydrogen-bond acceptors (Lipinski definition) is 3. The normalized spacial score (nSPS) is 21.2. The minimum Gasteiger partial charge on any atom is -0.398 e. The van der Waals surface area contributed by atoms with Gasteiger partial charge < -0.3 is 5.73 Å². The van der Waals surface area contributed by atoms with E-state index in [1.807, 2.05) is 12.2 Å². The maximum absolute atomic E-state index is 5.75. The number of allylic oxidation sites excluding steroid dienone is 4. The van der Waals surface area contributed by atoms with E-state index >= 15 is 0 Å². The van der Waals surface area contributed by atoms with E-state index in [-0.39, 0.29) is 5.41 Å². The van der Waals surface area contributed by atoms with Crippen LogP contribution in [0.4, 0.5) is 0 Å². The second kappa shape index (κ2) is 3.37. The van der Waals surface area contributed by atoms with Gasteiger partial charge in [0.05, 0.1) is 0 Å². The van der Waals surface area contributed by atoms with Crippen LogP contribution in [-0.4, -0.2) is 0 Å². The highest BCUT2D eigenvalue weighted by molar-refractivity contribution is 8.01. The molecule has 0 fully saturated rings. The number of hydrogen-bond donors (Lipinski definition) is 2. The molecule has 0 radical (unpaired) electrons. The van der Waals surface area contributed by atoms with Crippen LogP contribution in [0.5, 0.6) is 0 Å². The van der Waals surface area contributed by atoms with Crippen LogP contribution in [0, 0.1) is 5.41 Å². The van der Waals surface area contributed by atoms with E-state index in [4.69, 9.17) is 10.9 Å². The topological polar surface area (TPSA) is 52.0 Å². The van der Waals surface area contributed by atoms with Crippen molar-refractivity contribution in [1.29, 1.82) is 0 Å². The Balaban J connectivity index is 2.99. The predicted molar refractivity (Wildman–Crippen MR) is 55.1 cm³/mol. The molecular weight excluding hydrogens is 168 g/mol. The molecular formula is C9H14N2S. The lowest BCUT2D eigenvalue weighted by Crippen LogP contribution is -2.01. The highest BCUT2D eigenvalue weighted by Crippen LogP contribution is 2.26. The minimum atomic E-state index is 0.0715. The molecule has 0 saturated carbocycles. The molecule has 0 atom stereocenters. The van der Waals surface area contributed by atoms with Gasteiger partial charge >= 0.3 is 0 Å². The summed E-state index contributed by atoms with van der Waals surface area (Å²) in [4.78, 5) is 0.928. The van der Waals surface area contributed by atoms with Crippen molar-refractivity contribution in [1.82, 2.24) is 0 Å². The van der Waals surface area contributed by atoms with Crippen LogP contribution in [0.15, 0.2) is 34.9 Å². The molecule has 0 aliphatic heterocycles. The van der Waals surface area contributed by atoms with E-state index in [1.165, 1.54) is 11.9 Å². The molecule has 0 unspecified atom stereocenters. The third-order valence-corrected chi connectivity index (χ3v) is 2.39. The van der Waals surface area contributed by atoms with Crippen molar-refractivity contribution < 1.29 is 0 Å². The second-order valence-electron chi connectivity index (χ2n) is 3.43. The Morgan fingerprint density at radius 3 is 2.42 bits per heavy atom. The zero-order valence-electron chi connectivity index (χ0n) is 7.37. The first kappa shape index (κ1) is 9.42. The first-order valence-corrected chi connectivity index (χ1v) is 4.68. The monoisotopic (exact) mass is 182 g/mol. The third kappa shape index (κ3) is 2.16. The first-order valence-electron chi connectivity index (χ1n) is 3.80. The maximum atomic E-state index is 5.75. The van der Waals surface area contributed by atoms with Gasteiger partial charge in [-0.3, -0.25) is 5.14 Å². The summed E-state index contributed by atoms with van der Waals surface area (Å²) in [5.74, 6) is 0. The Morgan fingerprint density at radius 2 is 1.83 bits per heavy atom. The second-order valence-corrected chi connectivity index (χ2v) is 4.10. The van der Waals surface area contributed by atoms with Crippen molar-refractivity contribution in [3.8, 4) is 0 Å². The van der Waals surface area contributed by atoms with Gasteiger partial charge in [0, 0.05) is 16.0 Å². The van der Waals surface area contributed by atoms with Gasteiger partial charge in [-0.25, -0.2) is 0 Å². The van der Waals surface area contributed by atoms with Gasteiger partial charge in [-0.15, -0.1) is 0 Å². The quantitative estimate of drug-likeness (QED) is 0.609. The summed E-state index contributed by atoms with van der Waals surface area (Å²) in [5.41, 5.74) is 6.56. The Labute approximate surface area is 77.5 Å². The molecule has 1 aliphatic carbocycles. The van der Waals surface area contributed by atoms with Crippen molar-refractivity contribution in [2.45, 2.75) is 13.8 Å². The number of rotatable bonds is 1. The smallest absolute Gasteiger partial charge is 0.0462 e. The SMILES string of the molecule is CC1(C)C=CC(N)=C(SN)C=C1. The minimum absolute atomic E-state index is 0.0715. The van der Waals surface area contributed by atoms with Gasteiger partial charge in [-0.1, -0.05) is 26.0 Å². The average Bonchev–Trinajstić information content (AvgIpc) is 2.13. The van der Waals surface area contributed by atoms with Crippen molar-refractivity contribution in [2.24, 2.45) is 16.3 Å². The zero-order chi connectivity index (χ0) is 9.19. The largest absolute Gasteiger partial charge is 0.398 e. The van der Waals surface area contributed by atoms with Gasteiger partial charge in [0.2, 0.25) is 0 Å². The van der Waals surface area contributed by atoms with Crippen molar-refractivity contribution in [3.05, 3.63) is 34.9 Å². The van der Waals surface area contributed by atoms with Crippen LogP contribution < -0.4 is 10.9 Å². The fourth-order valence-electron chi connectivity index (χ4n) is 0.936. The lowest BCUT2D eigenvalue weighted by atomic mass is 9.93. The van der Waals surface area contributed by atoms with Crippen LogP contribution in [0.2, 0.25) is 0 Å². The van der Waals surface area contributed by atoms with Crippen LogP contribution in [-0.2, 0) is 0 Å². The molecule has 0 heterocycles. The maximum Gasteiger partial charge on any atom is 0.0462 e. The molecule has 0 saturated heterocycles. The Kier molecular flexibility index (Phi) is 2.65. The number of nitrogens with two attached hydrogens (primary N) is 2. The summed E-state index contributed by atoms with van der Waals surface area (Å²) >= 11 is 1.18. The van der Waals surface area contributed by atoms with E-state index in [1.54, 1.807) is 0 Å². The van der Waals surface area contributed by atoms with E-state index in [9.17, 15) is 0 Å². The molecule has 0 bridgehead atoms. The van der Waals surface area contributed by atoms with E-state index in [2.05, 4.69) is 26.0 Å². The van der Waals surface area contributed by atoms with E-state index in [0.717, 1.165) is 10.6 Å². The molecule has 3 heteroatoms. The lowest BCUT2D eigenvalue weighted by Gasteiger charge is -2.12. The first-order chi connectivity index (χ1) is 5.55. The van der Waals surface area contributed by atoms with Gasteiger partial charge in [0.25, 0.3) is 0 Å². The van der Waals surface area contributed by atoms with Crippen LogP contribution in [0.25, 0.3) is 0 Å². The summed E-state index contributed by atoms with van der Waals surface area (Å²) in [7, 11) is 0. The fourth-order valence-corrected chi connectivity index (χ4v) is 1.29. The molecule has 0 spiro atoms. The highest BCUT2D eigenvalue weighted by atomic mass is 32.2. The highest BCUT2D eigenvalue weighted by Gasteiger charge is 2.12. The molecule has 66 valence electrons. The van der Waals surface area contributed by atoms with Gasteiger partial charge in [-0.05, 0) is 24.1 Å². The summed E-state index contributed by atoms with van der Waals surface area (Å²) in [6.45, 7) is 4.24. The third-order valence-electron chi connectivity index (χ3n) is 1.77. The average molecular weight is 182 g/mol. The van der Waals surface area contributed by atoms with Crippen molar-refractivity contribution >= 4 is 11.9 Å². The summed E-state index contributed by atoms with van der Waals surface area (Å²) in [6, 6.07) is 0. The van der Waals surface area contributed by atoms with Gasteiger partial charge in [0.15, 0.2) is 0 Å². The van der Waals surface area contributed by atoms with Crippen molar-refractivity contribution in [3.63, 3.8) is 0 Å². The molecule has 12 heavy (non-hydrogen) atoms. The molecule has 1 rings (SSSR count). The lowest BCUT2D eigenvalue weighted by molar-refractivity contribution is 0.627. The molecule has 0 aromatic carbocycles. The molecule has 1 aliphatic rings. The van der Waals surface area contributed by atoms with Crippen LogP contribution >= 0.6 is 11.9 Å². The van der Waals surface area contributed by atoms with Crippen molar-refractivity contribution in [2.75, 3.05) is 0 Å². The Hall–Kier alpha value is -0.670. The predicted octanol–water partition coefficient (Wildman–Crippen LogP) is 1.92. The summed E-state index contributed by atoms with van der Waals surface area (Å²) < 4.78 is 0. The van der Waals surface area contributed by atoms with Gasteiger partial charge in [-0.2, -0.15) is 0 Å². The molecule has 0 aromatic heterocycles. The van der Waals surface area contributed by atoms with Gasteiger partial charge in [0.1, 0.15) is 0 Å².